The maximum Gasteiger partial charge on any atom is 0.189 e. The van der Waals surface area contributed by atoms with Gasteiger partial charge < -0.3 is 20.2 Å². The molecule has 1 aliphatic heterocycles. The Hall–Kier alpha value is -2.43. The van der Waals surface area contributed by atoms with Gasteiger partial charge in [0.1, 0.15) is 11.5 Å². The van der Waals surface area contributed by atoms with E-state index in [1.807, 2.05) is 36.4 Å². The molecule has 1 aliphatic rings. The molecule has 2 unspecified atom stereocenters. The fraction of sp³-hybridized carbons (Fsp3) is 0.267. The quantitative estimate of drug-likeness (QED) is 0.899. The highest BCUT2D eigenvalue weighted by Gasteiger charge is 2.26. The van der Waals surface area contributed by atoms with Crippen molar-refractivity contribution in [1.29, 1.82) is 0 Å². The summed E-state index contributed by atoms with van der Waals surface area (Å²) in [5.41, 5.74) is 7.00. The summed E-state index contributed by atoms with van der Waals surface area (Å²) in [7, 11) is 1.66. The van der Waals surface area contributed by atoms with Crippen LogP contribution in [0.2, 0.25) is 0 Å². The topological polar surface area (TPSA) is 72.8 Å². The fourth-order valence-electron chi connectivity index (χ4n) is 2.43. The van der Waals surface area contributed by atoms with Gasteiger partial charge in [-0.3, -0.25) is 0 Å². The lowest BCUT2D eigenvalue weighted by Gasteiger charge is -2.27. The second-order valence-electron chi connectivity index (χ2n) is 4.75. The van der Waals surface area contributed by atoms with Crippen molar-refractivity contribution in [3.63, 3.8) is 0 Å². The third-order valence-corrected chi connectivity index (χ3v) is 3.46. The molecule has 5 heteroatoms. The highest BCUT2D eigenvalue weighted by atomic mass is 16.5. The van der Waals surface area contributed by atoms with E-state index in [0.717, 1.165) is 23.5 Å². The summed E-state index contributed by atoms with van der Waals surface area (Å²) in [6.45, 7) is 0. The largest absolute Gasteiger partial charge is 0.497 e. The van der Waals surface area contributed by atoms with Crippen LogP contribution in [0.4, 0.5) is 0 Å². The Morgan fingerprint density at radius 3 is 2.75 bits per heavy atom. The molecule has 2 aromatic rings. The molecule has 5 nitrogen and oxygen atoms in total. The maximum absolute atomic E-state index is 5.89. The van der Waals surface area contributed by atoms with Crippen LogP contribution in [-0.4, -0.2) is 13.1 Å². The van der Waals surface area contributed by atoms with Gasteiger partial charge in [-0.05, 0) is 29.8 Å². The van der Waals surface area contributed by atoms with E-state index in [9.17, 15) is 0 Å². The van der Waals surface area contributed by atoms with Crippen molar-refractivity contribution < 1.29 is 9.15 Å². The van der Waals surface area contributed by atoms with E-state index in [4.69, 9.17) is 14.9 Å². The van der Waals surface area contributed by atoms with E-state index in [1.165, 1.54) is 0 Å². The first-order valence-corrected chi connectivity index (χ1v) is 6.53. The van der Waals surface area contributed by atoms with Crippen molar-refractivity contribution in [3.8, 4) is 5.75 Å². The minimum atomic E-state index is 0.0252. The second-order valence-corrected chi connectivity index (χ2v) is 4.75. The smallest absolute Gasteiger partial charge is 0.189 e. The molecule has 0 saturated heterocycles. The third-order valence-electron chi connectivity index (χ3n) is 3.46. The van der Waals surface area contributed by atoms with Gasteiger partial charge in [-0.15, -0.1) is 0 Å². The summed E-state index contributed by atoms with van der Waals surface area (Å²) < 4.78 is 10.6. The molecular formula is C15H17N3O2. The number of ether oxygens (including phenoxy) is 1. The van der Waals surface area contributed by atoms with Gasteiger partial charge in [-0.2, -0.15) is 0 Å². The summed E-state index contributed by atoms with van der Waals surface area (Å²) in [4.78, 5) is 4.47. The van der Waals surface area contributed by atoms with Gasteiger partial charge in [0.25, 0.3) is 0 Å². The minimum absolute atomic E-state index is 0.0252. The molecule has 1 aromatic carbocycles. The summed E-state index contributed by atoms with van der Waals surface area (Å²) in [6.07, 6.45) is 2.47. The number of furan rings is 1. The first kappa shape index (κ1) is 12.6. The van der Waals surface area contributed by atoms with E-state index >= 15 is 0 Å². The van der Waals surface area contributed by atoms with E-state index in [2.05, 4.69) is 10.3 Å². The average molecular weight is 271 g/mol. The third kappa shape index (κ3) is 2.47. The molecule has 104 valence electrons. The number of benzene rings is 1. The Balaban J connectivity index is 1.83. The summed E-state index contributed by atoms with van der Waals surface area (Å²) in [5.74, 6) is 2.15. The molecule has 1 aromatic heterocycles. The van der Waals surface area contributed by atoms with E-state index < -0.39 is 0 Å². The highest BCUT2D eigenvalue weighted by Crippen LogP contribution is 2.32. The molecule has 2 atom stereocenters. The van der Waals surface area contributed by atoms with Crippen LogP contribution in [0.1, 0.15) is 29.8 Å². The van der Waals surface area contributed by atoms with Crippen molar-refractivity contribution in [2.75, 3.05) is 7.11 Å². The molecule has 0 aliphatic carbocycles. The van der Waals surface area contributed by atoms with Crippen molar-refractivity contribution >= 4 is 5.96 Å². The van der Waals surface area contributed by atoms with E-state index in [-0.39, 0.29) is 12.1 Å². The number of hydrogen-bond acceptors (Lipinski definition) is 5. The summed E-state index contributed by atoms with van der Waals surface area (Å²) in [6, 6.07) is 11.8. The standard InChI is InChI=1S/C15H17N3O2/c1-19-11-6-4-10(5-7-11)12-9-13(18-15(16)17-12)14-3-2-8-20-14/h2-8,12-13H,9H2,1H3,(H3,16,17,18). The number of hydrogen-bond donors (Lipinski definition) is 2. The number of rotatable bonds is 3. The Kier molecular flexibility index (Phi) is 3.33. The lowest BCUT2D eigenvalue weighted by atomic mass is 9.97. The number of nitrogens with zero attached hydrogens (tertiary/aromatic N) is 1. The Morgan fingerprint density at radius 1 is 1.30 bits per heavy atom. The lowest BCUT2D eigenvalue weighted by Crippen LogP contribution is -2.39. The first-order valence-electron chi connectivity index (χ1n) is 6.53. The zero-order valence-corrected chi connectivity index (χ0v) is 11.2. The van der Waals surface area contributed by atoms with Crippen LogP contribution < -0.4 is 15.8 Å². The van der Waals surface area contributed by atoms with Crippen LogP contribution in [0.15, 0.2) is 52.1 Å². The lowest BCUT2D eigenvalue weighted by molar-refractivity contribution is 0.394. The monoisotopic (exact) mass is 271 g/mol. The van der Waals surface area contributed by atoms with Gasteiger partial charge in [-0.25, -0.2) is 4.99 Å². The predicted octanol–water partition coefficient (Wildman–Crippen LogP) is 2.38. The normalized spacial score (nSPS) is 21.9. The van der Waals surface area contributed by atoms with Gasteiger partial charge in [0.05, 0.1) is 25.5 Å². The van der Waals surface area contributed by atoms with Crippen LogP contribution in [0, 0.1) is 0 Å². The molecule has 0 spiro atoms. The van der Waals surface area contributed by atoms with Crippen LogP contribution in [0.25, 0.3) is 0 Å². The number of nitrogens with one attached hydrogen (secondary N) is 1. The van der Waals surface area contributed by atoms with Crippen LogP contribution in [-0.2, 0) is 0 Å². The zero-order chi connectivity index (χ0) is 13.9. The molecule has 0 amide bonds. The molecule has 3 N–H and O–H groups in total. The van der Waals surface area contributed by atoms with Gasteiger partial charge in [-0.1, -0.05) is 12.1 Å². The van der Waals surface area contributed by atoms with Crippen LogP contribution >= 0.6 is 0 Å². The maximum atomic E-state index is 5.89. The zero-order valence-electron chi connectivity index (χ0n) is 11.2. The van der Waals surface area contributed by atoms with Crippen LogP contribution in [0.5, 0.6) is 5.75 Å². The molecular weight excluding hydrogens is 254 g/mol. The van der Waals surface area contributed by atoms with Crippen molar-refractivity contribution in [3.05, 3.63) is 54.0 Å². The van der Waals surface area contributed by atoms with Gasteiger partial charge in [0.2, 0.25) is 0 Å². The number of methoxy groups -OCH3 is 1. The van der Waals surface area contributed by atoms with Gasteiger partial charge in [0.15, 0.2) is 5.96 Å². The first-order chi connectivity index (χ1) is 9.76. The van der Waals surface area contributed by atoms with E-state index in [0.29, 0.717) is 5.96 Å². The SMILES string of the molecule is COc1ccc(C2CC(c3ccco3)NC(N)=N2)cc1. The van der Waals surface area contributed by atoms with Crippen molar-refractivity contribution in [2.45, 2.75) is 18.5 Å². The van der Waals surface area contributed by atoms with E-state index in [1.54, 1.807) is 13.4 Å². The predicted molar refractivity (Wildman–Crippen MR) is 76.6 cm³/mol. The molecule has 0 saturated carbocycles. The number of aliphatic imine (C=N–C) groups is 1. The van der Waals surface area contributed by atoms with Crippen molar-refractivity contribution in [2.24, 2.45) is 10.7 Å². The molecule has 0 fully saturated rings. The summed E-state index contributed by atoms with van der Waals surface area (Å²) >= 11 is 0. The minimum Gasteiger partial charge on any atom is -0.497 e. The van der Waals surface area contributed by atoms with Gasteiger partial charge >= 0.3 is 0 Å². The average Bonchev–Trinajstić information content (AvgIpc) is 3.01. The fourth-order valence-corrected chi connectivity index (χ4v) is 2.43. The summed E-state index contributed by atoms with van der Waals surface area (Å²) in [5, 5.41) is 3.15. The Morgan fingerprint density at radius 2 is 2.10 bits per heavy atom. The molecule has 3 rings (SSSR count). The molecule has 2 heterocycles. The van der Waals surface area contributed by atoms with Gasteiger partial charge in [0, 0.05) is 6.42 Å². The Labute approximate surface area is 117 Å². The van der Waals surface area contributed by atoms with Crippen LogP contribution in [0.3, 0.4) is 0 Å². The Bertz CT molecular complexity index is 590. The number of guanidine groups is 1. The molecule has 0 bridgehead atoms. The van der Waals surface area contributed by atoms with Crippen molar-refractivity contribution in [1.82, 2.24) is 5.32 Å². The number of nitrogens with two attached hydrogens (primary N) is 1. The molecule has 0 radical (unpaired) electrons. The molecule has 20 heavy (non-hydrogen) atoms. The highest BCUT2D eigenvalue weighted by molar-refractivity contribution is 5.79. The second kappa shape index (κ2) is 5.28.